The summed E-state index contributed by atoms with van der Waals surface area (Å²) >= 11 is 3.38. The molecule has 1 amide bonds. The highest BCUT2D eigenvalue weighted by atomic mass is 79.9. The standard InChI is InChI=1S/C26H24BrNO5/c1-15-20(9-16-10-23(27)26(30)24(11-16)32-3)19-7-6-17(31-2)12-22(19)21(15)13-25(29)28-14-18-5-4-8-33-18/h4-12,30H,13-14H2,1-3H3,(H,28,29)/b20-9-. The number of nitrogens with one attached hydrogen (secondary N) is 1. The molecule has 0 radical (unpaired) electrons. The van der Waals surface area contributed by atoms with Crippen molar-refractivity contribution in [2.45, 2.75) is 19.9 Å². The van der Waals surface area contributed by atoms with Gasteiger partial charge in [-0.15, -0.1) is 0 Å². The third-order valence-corrected chi connectivity index (χ3v) is 6.26. The predicted octanol–water partition coefficient (Wildman–Crippen LogP) is 5.80. The maximum atomic E-state index is 12.7. The van der Waals surface area contributed by atoms with Gasteiger partial charge in [0.15, 0.2) is 11.5 Å². The minimum absolute atomic E-state index is 0.0531. The molecular formula is C26H24BrNO5. The van der Waals surface area contributed by atoms with E-state index in [-0.39, 0.29) is 18.1 Å². The molecular weight excluding hydrogens is 486 g/mol. The maximum Gasteiger partial charge on any atom is 0.224 e. The molecule has 1 heterocycles. The van der Waals surface area contributed by atoms with E-state index in [4.69, 9.17) is 13.9 Å². The Morgan fingerprint density at radius 1 is 1.15 bits per heavy atom. The summed E-state index contributed by atoms with van der Waals surface area (Å²) in [5, 5.41) is 13.1. The number of halogens is 1. The van der Waals surface area contributed by atoms with Gasteiger partial charge in [0, 0.05) is 0 Å². The smallest absolute Gasteiger partial charge is 0.224 e. The number of methoxy groups -OCH3 is 2. The number of phenolic OH excluding ortho intramolecular Hbond substituents is 1. The molecule has 2 aromatic carbocycles. The summed E-state index contributed by atoms with van der Waals surface area (Å²) in [7, 11) is 3.14. The molecule has 0 unspecified atom stereocenters. The van der Waals surface area contributed by atoms with Gasteiger partial charge in [-0.3, -0.25) is 4.79 Å². The fraction of sp³-hybridized carbons (Fsp3) is 0.192. The zero-order valence-electron chi connectivity index (χ0n) is 18.6. The average molecular weight is 510 g/mol. The summed E-state index contributed by atoms with van der Waals surface area (Å²) in [6, 6.07) is 13.1. The fourth-order valence-corrected chi connectivity index (χ4v) is 4.40. The van der Waals surface area contributed by atoms with Crippen LogP contribution in [0.15, 0.2) is 63.2 Å². The normalized spacial score (nSPS) is 13.9. The summed E-state index contributed by atoms with van der Waals surface area (Å²) in [4.78, 5) is 12.7. The molecule has 0 aliphatic heterocycles. The number of furan rings is 1. The van der Waals surface area contributed by atoms with E-state index >= 15 is 0 Å². The molecule has 4 rings (SSSR count). The molecule has 2 N–H and O–H groups in total. The van der Waals surface area contributed by atoms with Crippen molar-refractivity contribution in [1.29, 1.82) is 0 Å². The van der Waals surface area contributed by atoms with E-state index in [1.54, 1.807) is 25.5 Å². The number of carbonyl (C=O) groups excluding carboxylic acids is 1. The molecule has 33 heavy (non-hydrogen) atoms. The molecule has 170 valence electrons. The van der Waals surface area contributed by atoms with Crippen molar-refractivity contribution in [3.05, 3.63) is 81.2 Å². The zero-order chi connectivity index (χ0) is 23.5. The number of fused-ring (bicyclic) bond motifs is 1. The monoisotopic (exact) mass is 509 g/mol. The lowest BCUT2D eigenvalue weighted by atomic mass is 10.00. The van der Waals surface area contributed by atoms with E-state index in [9.17, 15) is 9.90 Å². The van der Waals surface area contributed by atoms with Gasteiger partial charge in [-0.05, 0) is 98.7 Å². The number of aromatic hydroxyl groups is 1. The second-order valence-electron chi connectivity index (χ2n) is 7.66. The van der Waals surface area contributed by atoms with Gasteiger partial charge in [0.1, 0.15) is 11.5 Å². The second kappa shape index (κ2) is 9.58. The van der Waals surface area contributed by atoms with Crippen molar-refractivity contribution in [1.82, 2.24) is 5.32 Å². The van der Waals surface area contributed by atoms with Crippen molar-refractivity contribution >= 4 is 39.1 Å². The number of ether oxygens (including phenoxy) is 2. The summed E-state index contributed by atoms with van der Waals surface area (Å²) in [5.41, 5.74) is 5.80. The van der Waals surface area contributed by atoms with Crippen LogP contribution in [-0.2, 0) is 11.3 Å². The highest BCUT2D eigenvalue weighted by molar-refractivity contribution is 9.10. The van der Waals surface area contributed by atoms with E-state index in [2.05, 4.69) is 21.2 Å². The second-order valence-corrected chi connectivity index (χ2v) is 8.51. The first-order valence-electron chi connectivity index (χ1n) is 10.4. The Labute approximate surface area is 200 Å². The lowest BCUT2D eigenvalue weighted by molar-refractivity contribution is -0.120. The summed E-state index contributed by atoms with van der Waals surface area (Å²) in [6.45, 7) is 2.35. The zero-order valence-corrected chi connectivity index (χ0v) is 20.2. The molecule has 1 aliphatic rings. The van der Waals surface area contributed by atoms with Crippen LogP contribution in [0, 0.1) is 0 Å². The highest BCUT2D eigenvalue weighted by Gasteiger charge is 2.26. The van der Waals surface area contributed by atoms with Gasteiger partial charge in [0.05, 0.1) is 37.9 Å². The molecule has 0 bridgehead atoms. The van der Waals surface area contributed by atoms with Crippen molar-refractivity contribution < 1.29 is 23.8 Å². The Bertz CT molecular complexity index is 1260. The Kier molecular flexibility index (Phi) is 6.60. The molecule has 0 spiro atoms. The Morgan fingerprint density at radius 3 is 2.67 bits per heavy atom. The van der Waals surface area contributed by atoms with Crippen molar-refractivity contribution in [3.8, 4) is 17.2 Å². The summed E-state index contributed by atoms with van der Waals surface area (Å²) in [6.07, 6.45) is 3.84. The average Bonchev–Trinajstić information content (AvgIpc) is 3.42. The number of phenols is 1. The van der Waals surface area contributed by atoms with E-state index < -0.39 is 0 Å². The molecule has 0 saturated heterocycles. The Hall–Kier alpha value is -3.45. The van der Waals surface area contributed by atoms with Crippen molar-refractivity contribution in [2.24, 2.45) is 0 Å². The van der Waals surface area contributed by atoms with Crippen LogP contribution in [0.2, 0.25) is 0 Å². The van der Waals surface area contributed by atoms with Crippen LogP contribution >= 0.6 is 15.9 Å². The van der Waals surface area contributed by atoms with Gasteiger partial charge in [0.25, 0.3) is 0 Å². The topological polar surface area (TPSA) is 80.9 Å². The van der Waals surface area contributed by atoms with Gasteiger partial charge >= 0.3 is 0 Å². The van der Waals surface area contributed by atoms with Crippen LogP contribution in [-0.4, -0.2) is 25.2 Å². The van der Waals surface area contributed by atoms with Gasteiger partial charge < -0.3 is 24.3 Å². The lowest BCUT2D eigenvalue weighted by Crippen LogP contribution is -2.22. The van der Waals surface area contributed by atoms with Crippen LogP contribution in [0.1, 0.15) is 35.8 Å². The SMILES string of the molecule is COc1ccc2c(c1)C(CC(=O)NCc1ccco1)=C(C)/C2=C/c1cc(Br)c(O)c(OC)c1. The molecule has 0 saturated carbocycles. The van der Waals surface area contributed by atoms with Gasteiger partial charge in [-0.25, -0.2) is 0 Å². The number of hydrogen-bond donors (Lipinski definition) is 2. The maximum absolute atomic E-state index is 12.7. The Morgan fingerprint density at radius 2 is 1.97 bits per heavy atom. The number of benzene rings is 2. The number of allylic oxidation sites excluding steroid dienone is 2. The van der Waals surface area contributed by atoms with Crippen LogP contribution in [0.4, 0.5) is 0 Å². The highest BCUT2D eigenvalue weighted by Crippen LogP contribution is 2.45. The van der Waals surface area contributed by atoms with E-state index in [1.807, 2.05) is 43.3 Å². The van der Waals surface area contributed by atoms with Crippen LogP contribution in [0.5, 0.6) is 17.2 Å². The molecule has 3 aromatic rings. The fourth-order valence-electron chi connectivity index (χ4n) is 3.94. The van der Waals surface area contributed by atoms with E-state index in [1.165, 1.54) is 7.11 Å². The lowest BCUT2D eigenvalue weighted by Gasteiger charge is -2.09. The molecule has 1 aromatic heterocycles. The first-order chi connectivity index (χ1) is 15.9. The minimum atomic E-state index is -0.0928. The first kappa shape index (κ1) is 22.7. The molecule has 1 aliphatic carbocycles. The van der Waals surface area contributed by atoms with Crippen LogP contribution in [0.25, 0.3) is 17.2 Å². The van der Waals surface area contributed by atoms with Crippen LogP contribution < -0.4 is 14.8 Å². The van der Waals surface area contributed by atoms with Crippen LogP contribution in [0.3, 0.4) is 0 Å². The molecule has 0 atom stereocenters. The van der Waals surface area contributed by atoms with Gasteiger partial charge in [0.2, 0.25) is 5.91 Å². The quantitative estimate of drug-likeness (QED) is 0.420. The summed E-state index contributed by atoms with van der Waals surface area (Å²) in [5.74, 6) is 1.77. The third kappa shape index (κ3) is 4.68. The summed E-state index contributed by atoms with van der Waals surface area (Å²) < 4.78 is 16.6. The van der Waals surface area contributed by atoms with Gasteiger partial charge in [-0.1, -0.05) is 6.07 Å². The van der Waals surface area contributed by atoms with Crippen molar-refractivity contribution in [2.75, 3.05) is 14.2 Å². The molecule has 0 fully saturated rings. The third-order valence-electron chi connectivity index (χ3n) is 5.66. The number of carbonyl (C=O) groups is 1. The number of rotatable bonds is 7. The molecule has 7 heteroatoms. The minimum Gasteiger partial charge on any atom is -0.503 e. The first-order valence-corrected chi connectivity index (χ1v) is 11.2. The van der Waals surface area contributed by atoms with E-state index in [0.717, 1.165) is 39.2 Å². The predicted molar refractivity (Wildman–Crippen MR) is 131 cm³/mol. The van der Waals surface area contributed by atoms with Gasteiger partial charge in [-0.2, -0.15) is 0 Å². The number of hydrogen-bond acceptors (Lipinski definition) is 5. The van der Waals surface area contributed by atoms with Crippen molar-refractivity contribution in [3.63, 3.8) is 0 Å². The largest absolute Gasteiger partial charge is 0.503 e. The number of amides is 1. The Balaban J connectivity index is 1.71. The molecule has 6 nitrogen and oxygen atoms in total. The van der Waals surface area contributed by atoms with E-state index in [0.29, 0.717) is 22.5 Å².